The highest BCUT2D eigenvalue weighted by molar-refractivity contribution is 6.00. The number of likely N-dealkylation sites (tertiary alicyclic amines) is 1. The summed E-state index contributed by atoms with van der Waals surface area (Å²) in [4.78, 5) is 25.0. The Morgan fingerprint density at radius 2 is 1.71 bits per heavy atom. The lowest BCUT2D eigenvalue weighted by Crippen LogP contribution is -2.37. The van der Waals surface area contributed by atoms with Crippen molar-refractivity contribution in [2.75, 3.05) is 18.4 Å². The lowest BCUT2D eigenvalue weighted by molar-refractivity contribution is 0.0697. The smallest absolute Gasteiger partial charge is 0.337 e. The first-order chi connectivity index (χ1) is 10.1. The van der Waals surface area contributed by atoms with E-state index in [0.717, 1.165) is 37.8 Å². The van der Waals surface area contributed by atoms with Crippen LogP contribution in [-0.2, 0) is 0 Å². The van der Waals surface area contributed by atoms with Gasteiger partial charge < -0.3 is 15.3 Å². The molecular formula is C15H19FN2O3. The number of nitrogens with one attached hydrogen (secondary N) is 1. The quantitative estimate of drug-likeness (QED) is 0.879. The molecule has 114 valence electrons. The predicted molar refractivity (Wildman–Crippen MR) is 77.0 cm³/mol. The number of hydrogen-bond donors (Lipinski definition) is 2. The number of carboxylic acid groups (broad SMARTS) is 1. The van der Waals surface area contributed by atoms with Gasteiger partial charge in [-0.05, 0) is 31.0 Å². The van der Waals surface area contributed by atoms with Gasteiger partial charge in [0.15, 0.2) is 0 Å². The molecule has 0 unspecified atom stereocenters. The zero-order chi connectivity index (χ0) is 15.2. The number of hydrogen-bond acceptors (Lipinski definition) is 2. The minimum absolute atomic E-state index is 0.121. The Balaban J connectivity index is 2.09. The summed E-state index contributed by atoms with van der Waals surface area (Å²) in [6.07, 6.45) is 5.28. The van der Waals surface area contributed by atoms with Crippen LogP contribution in [0, 0.1) is 5.82 Å². The number of nitrogens with zero attached hydrogens (tertiary/aromatic N) is 1. The molecule has 0 spiro atoms. The number of rotatable bonds is 2. The SMILES string of the molecule is O=C(O)c1cc(F)ccc1NC(=O)N1CCCCCCC1. The van der Waals surface area contributed by atoms with Gasteiger partial charge in [-0.1, -0.05) is 19.3 Å². The Kier molecular flexibility index (Phi) is 5.14. The molecule has 1 saturated heterocycles. The maximum absolute atomic E-state index is 13.1. The molecule has 1 heterocycles. The van der Waals surface area contributed by atoms with E-state index in [1.54, 1.807) is 4.90 Å². The fraction of sp³-hybridized carbons (Fsp3) is 0.467. The molecule has 0 radical (unpaired) electrons. The highest BCUT2D eigenvalue weighted by Gasteiger charge is 2.18. The summed E-state index contributed by atoms with van der Waals surface area (Å²) in [6, 6.07) is 2.99. The van der Waals surface area contributed by atoms with E-state index in [0.29, 0.717) is 13.1 Å². The first-order valence-corrected chi connectivity index (χ1v) is 7.16. The molecule has 2 rings (SSSR count). The van der Waals surface area contributed by atoms with Crippen molar-refractivity contribution in [2.24, 2.45) is 0 Å². The van der Waals surface area contributed by atoms with Crippen LogP contribution in [0.1, 0.15) is 42.5 Å². The fourth-order valence-electron chi connectivity index (χ4n) is 2.45. The van der Waals surface area contributed by atoms with Gasteiger partial charge in [-0.3, -0.25) is 0 Å². The largest absolute Gasteiger partial charge is 0.478 e. The molecule has 1 aliphatic rings. The van der Waals surface area contributed by atoms with Crippen molar-refractivity contribution in [2.45, 2.75) is 32.1 Å². The predicted octanol–water partition coefficient (Wildman–Crippen LogP) is 3.32. The van der Waals surface area contributed by atoms with E-state index in [1.807, 2.05) is 0 Å². The van der Waals surface area contributed by atoms with Crippen LogP contribution >= 0.6 is 0 Å². The Hall–Kier alpha value is -2.11. The maximum Gasteiger partial charge on any atom is 0.337 e. The number of carbonyl (C=O) groups is 2. The van der Waals surface area contributed by atoms with Crippen molar-refractivity contribution in [3.63, 3.8) is 0 Å². The lowest BCUT2D eigenvalue weighted by Gasteiger charge is -2.25. The number of halogens is 1. The summed E-state index contributed by atoms with van der Waals surface area (Å²) in [7, 11) is 0. The number of carboxylic acids is 1. The summed E-state index contributed by atoms with van der Waals surface area (Å²) in [5, 5.41) is 11.6. The van der Waals surface area contributed by atoms with Gasteiger partial charge in [0.25, 0.3) is 0 Å². The van der Waals surface area contributed by atoms with Crippen LogP contribution in [0.15, 0.2) is 18.2 Å². The lowest BCUT2D eigenvalue weighted by atomic mass is 10.1. The van der Waals surface area contributed by atoms with Crippen LogP contribution in [0.2, 0.25) is 0 Å². The highest BCUT2D eigenvalue weighted by atomic mass is 19.1. The fourth-order valence-corrected chi connectivity index (χ4v) is 2.45. The van der Waals surface area contributed by atoms with Crippen LogP contribution in [0.3, 0.4) is 0 Å². The minimum atomic E-state index is -1.27. The third-order valence-corrected chi connectivity index (χ3v) is 3.60. The molecule has 0 aromatic heterocycles. The zero-order valence-electron chi connectivity index (χ0n) is 11.8. The third kappa shape index (κ3) is 4.18. The molecule has 2 amide bonds. The standard InChI is InChI=1S/C15H19FN2O3/c16-11-6-7-13(12(10-11)14(19)20)17-15(21)18-8-4-2-1-3-5-9-18/h6-7,10H,1-5,8-9H2,(H,17,21)(H,19,20). The minimum Gasteiger partial charge on any atom is -0.478 e. The van der Waals surface area contributed by atoms with Crippen molar-refractivity contribution < 1.29 is 19.1 Å². The summed E-state index contributed by atoms with van der Waals surface area (Å²) in [5.74, 6) is -1.91. The number of carbonyl (C=O) groups excluding carboxylic acids is 1. The van der Waals surface area contributed by atoms with Gasteiger partial charge in [-0.15, -0.1) is 0 Å². The van der Waals surface area contributed by atoms with Gasteiger partial charge in [0.2, 0.25) is 0 Å². The molecule has 0 bridgehead atoms. The van der Waals surface area contributed by atoms with Gasteiger partial charge in [0.1, 0.15) is 5.82 Å². The molecule has 0 saturated carbocycles. The van der Waals surface area contributed by atoms with Gasteiger partial charge in [-0.25, -0.2) is 14.0 Å². The highest BCUT2D eigenvalue weighted by Crippen LogP contribution is 2.18. The van der Waals surface area contributed by atoms with Crippen molar-refractivity contribution in [1.29, 1.82) is 0 Å². The maximum atomic E-state index is 13.1. The van der Waals surface area contributed by atoms with Crippen LogP contribution < -0.4 is 5.32 Å². The Morgan fingerprint density at radius 3 is 2.33 bits per heavy atom. The number of anilines is 1. The third-order valence-electron chi connectivity index (χ3n) is 3.60. The van der Waals surface area contributed by atoms with Gasteiger partial charge in [-0.2, -0.15) is 0 Å². The Morgan fingerprint density at radius 1 is 1.10 bits per heavy atom. The number of amides is 2. The van der Waals surface area contributed by atoms with Gasteiger partial charge in [0.05, 0.1) is 11.3 Å². The van der Waals surface area contributed by atoms with Gasteiger partial charge >= 0.3 is 12.0 Å². The van der Waals surface area contributed by atoms with Crippen molar-refractivity contribution in [3.8, 4) is 0 Å². The average molecular weight is 294 g/mol. The van der Waals surface area contributed by atoms with E-state index < -0.39 is 11.8 Å². The average Bonchev–Trinajstić information content (AvgIpc) is 2.40. The second-order valence-corrected chi connectivity index (χ2v) is 5.18. The summed E-state index contributed by atoms with van der Waals surface area (Å²) in [6.45, 7) is 1.32. The molecule has 6 heteroatoms. The van der Waals surface area contributed by atoms with Crippen LogP contribution in [0.25, 0.3) is 0 Å². The molecule has 2 N–H and O–H groups in total. The van der Waals surface area contributed by atoms with E-state index in [-0.39, 0.29) is 17.3 Å². The topological polar surface area (TPSA) is 69.6 Å². The number of urea groups is 1. The molecule has 1 aromatic carbocycles. The number of aromatic carboxylic acids is 1. The molecule has 1 fully saturated rings. The van der Waals surface area contributed by atoms with E-state index in [9.17, 15) is 14.0 Å². The monoisotopic (exact) mass is 294 g/mol. The van der Waals surface area contributed by atoms with Crippen LogP contribution in [0.4, 0.5) is 14.9 Å². The molecule has 0 aliphatic carbocycles. The van der Waals surface area contributed by atoms with E-state index in [1.165, 1.54) is 12.5 Å². The Labute approximate surface area is 122 Å². The first-order valence-electron chi connectivity index (χ1n) is 7.16. The molecule has 1 aliphatic heterocycles. The zero-order valence-corrected chi connectivity index (χ0v) is 11.8. The first kappa shape index (κ1) is 15.3. The van der Waals surface area contributed by atoms with Crippen molar-refractivity contribution in [3.05, 3.63) is 29.6 Å². The second-order valence-electron chi connectivity index (χ2n) is 5.18. The normalized spacial score (nSPS) is 16.0. The molecule has 21 heavy (non-hydrogen) atoms. The molecule has 1 aromatic rings. The molecule has 0 atom stereocenters. The summed E-state index contributed by atoms with van der Waals surface area (Å²) in [5.41, 5.74) is -0.119. The van der Waals surface area contributed by atoms with Crippen LogP contribution in [0.5, 0.6) is 0 Å². The Bertz CT molecular complexity index is 526. The molecule has 5 nitrogen and oxygen atoms in total. The second kappa shape index (κ2) is 7.06. The summed E-state index contributed by atoms with van der Waals surface area (Å²) < 4.78 is 13.1. The van der Waals surface area contributed by atoms with Crippen LogP contribution in [-0.4, -0.2) is 35.1 Å². The van der Waals surface area contributed by atoms with E-state index in [4.69, 9.17) is 5.11 Å². The number of benzene rings is 1. The van der Waals surface area contributed by atoms with E-state index in [2.05, 4.69) is 5.32 Å². The van der Waals surface area contributed by atoms with E-state index >= 15 is 0 Å². The van der Waals surface area contributed by atoms with Gasteiger partial charge in [0, 0.05) is 13.1 Å². The van der Waals surface area contributed by atoms with Crippen molar-refractivity contribution >= 4 is 17.7 Å². The summed E-state index contributed by atoms with van der Waals surface area (Å²) >= 11 is 0. The van der Waals surface area contributed by atoms with Crippen molar-refractivity contribution in [1.82, 2.24) is 4.90 Å². The molecular weight excluding hydrogens is 275 g/mol.